The first-order valence-electron chi connectivity index (χ1n) is 8.04. The molecule has 0 aromatic carbocycles. The first-order chi connectivity index (χ1) is 11.5. The van der Waals surface area contributed by atoms with E-state index in [9.17, 15) is 14.4 Å². The lowest BCUT2D eigenvalue weighted by Crippen LogP contribution is -2.49. The van der Waals surface area contributed by atoms with Crippen LogP contribution in [0.25, 0.3) is 0 Å². The van der Waals surface area contributed by atoms with E-state index in [1.807, 2.05) is 13.8 Å². The number of amides is 2. The second kappa shape index (κ2) is 8.25. The summed E-state index contributed by atoms with van der Waals surface area (Å²) in [4.78, 5) is 38.7. The monoisotopic (exact) mass is 353 g/mol. The molecule has 2 rings (SSSR count). The molecular weight excluding hydrogens is 330 g/mol. The summed E-state index contributed by atoms with van der Waals surface area (Å²) >= 11 is 1.38. The van der Waals surface area contributed by atoms with Crippen molar-refractivity contribution in [1.29, 1.82) is 0 Å². The summed E-state index contributed by atoms with van der Waals surface area (Å²) < 4.78 is 5.12. The topological polar surface area (TPSA) is 87.7 Å². The van der Waals surface area contributed by atoms with E-state index in [0.717, 1.165) is 10.4 Å². The third kappa shape index (κ3) is 4.33. The van der Waals surface area contributed by atoms with E-state index in [2.05, 4.69) is 10.6 Å². The van der Waals surface area contributed by atoms with Crippen molar-refractivity contribution >= 4 is 34.1 Å². The van der Waals surface area contributed by atoms with E-state index in [1.165, 1.54) is 11.3 Å². The molecule has 7 nitrogen and oxygen atoms in total. The van der Waals surface area contributed by atoms with Crippen LogP contribution in [0.15, 0.2) is 0 Å². The lowest BCUT2D eigenvalue weighted by Gasteiger charge is -2.25. The zero-order valence-electron chi connectivity index (χ0n) is 14.2. The molecule has 0 unspecified atom stereocenters. The molecule has 132 valence electrons. The van der Waals surface area contributed by atoms with E-state index in [0.29, 0.717) is 30.1 Å². The summed E-state index contributed by atoms with van der Waals surface area (Å²) in [5.41, 5.74) is 1.36. The number of carbonyl (C=O) groups excluding carboxylic acids is 3. The minimum absolute atomic E-state index is 0.0819. The van der Waals surface area contributed by atoms with E-state index in [-0.39, 0.29) is 31.5 Å². The molecule has 1 aliphatic rings. The van der Waals surface area contributed by atoms with Crippen molar-refractivity contribution in [3.8, 4) is 0 Å². The molecule has 1 aromatic rings. The number of ether oxygens (including phenoxy) is 1. The Bertz CT molecular complexity index is 642. The predicted octanol–water partition coefficient (Wildman–Crippen LogP) is 1.17. The molecular formula is C16H23N3O4S. The molecule has 1 aromatic heterocycles. The van der Waals surface area contributed by atoms with Gasteiger partial charge in [0.1, 0.15) is 5.00 Å². The van der Waals surface area contributed by atoms with E-state index in [4.69, 9.17) is 4.74 Å². The van der Waals surface area contributed by atoms with Gasteiger partial charge in [-0.25, -0.2) is 4.79 Å². The van der Waals surface area contributed by atoms with Gasteiger partial charge in [0.15, 0.2) is 0 Å². The third-order valence-electron chi connectivity index (χ3n) is 3.78. The summed E-state index contributed by atoms with van der Waals surface area (Å²) in [5.74, 6) is -0.730. The van der Waals surface area contributed by atoms with Crippen molar-refractivity contribution in [3.63, 3.8) is 0 Å². The van der Waals surface area contributed by atoms with Crippen LogP contribution in [0.2, 0.25) is 0 Å². The average Bonchev–Trinajstić information content (AvgIpc) is 2.82. The van der Waals surface area contributed by atoms with Crippen LogP contribution in [0.4, 0.5) is 5.00 Å². The van der Waals surface area contributed by atoms with Crippen LogP contribution in [-0.2, 0) is 20.7 Å². The number of hydrogen-bond donors (Lipinski definition) is 2. The third-order valence-corrected chi connectivity index (χ3v) is 4.84. The largest absolute Gasteiger partial charge is 0.462 e. The fourth-order valence-corrected chi connectivity index (χ4v) is 3.86. The number of hydrogen-bond acceptors (Lipinski definition) is 6. The number of nitrogens with one attached hydrogen (secondary N) is 2. The Morgan fingerprint density at radius 3 is 2.75 bits per heavy atom. The number of carbonyl (C=O) groups is 3. The Kier molecular flexibility index (Phi) is 6.33. The number of nitrogens with zero attached hydrogens (tertiary/aromatic N) is 1. The van der Waals surface area contributed by atoms with Crippen molar-refractivity contribution < 1.29 is 19.1 Å². The van der Waals surface area contributed by atoms with Gasteiger partial charge in [0.05, 0.1) is 25.3 Å². The molecule has 0 aliphatic carbocycles. The Morgan fingerprint density at radius 1 is 1.38 bits per heavy atom. The van der Waals surface area contributed by atoms with Gasteiger partial charge >= 0.3 is 5.97 Å². The molecule has 2 heterocycles. The number of piperazine rings is 1. The van der Waals surface area contributed by atoms with Crippen molar-refractivity contribution in [1.82, 2.24) is 10.2 Å². The zero-order valence-corrected chi connectivity index (χ0v) is 15.0. The van der Waals surface area contributed by atoms with Crippen molar-refractivity contribution in [3.05, 3.63) is 16.0 Å². The van der Waals surface area contributed by atoms with E-state index in [1.54, 1.807) is 11.8 Å². The SMILES string of the molecule is CCOC(=O)c1c(NC(=O)CN2CCNC(=O)C2)sc(C)c1CC. The van der Waals surface area contributed by atoms with Gasteiger partial charge in [0.25, 0.3) is 0 Å². The van der Waals surface area contributed by atoms with Crippen molar-refractivity contribution in [2.24, 2.45) is 0 Å². The molecule has 1 fully saturated rings. The summed E-state index contributed by atoms with van der Waals surface area (Å²) in [6.07, 6.45) is 0.693. The maximum absolute atomic E-state index is 12.3. The van der Waals surface area contributed by atoms with Gasteiger partial charge in [0.2, 0.25) is 11.8 Å². The fourth-order valence-electron chi connectivity index (χ4n) is 2.71. The molecule has 0 radical (unpaired) electrons. The Labute approximate surface area is 145 Å². The molecule has 24 heavy (non-hydrogen) atoms. The van der Waals surface area contributed by atoms with Crippen LogP contribution in [0.3, 0.4) is 0 Å². The van der Waals surface area contributed by atoms with Gasteiger partial charge in [0, 0.05) is 18.0 Å². The van der Waals surface area contributed by atoms with Crippen LogP contribution in [0.5, 0.6) is 0 Å². The Morgan fingerprint density at radius 2 is 2.12 bits per heavy atom. The number of anilines is 1. The lowest BCUT2D eigenvalue weighted by atomic mass is 10.1. The maximum Gasteiger partial charge on any atom is 0.341 e. The summed E-state index contributed by atoms with van der Waals surface area (Å²) in [6.45, 7) is 7.43. The van der Waals surface area contributed by atoms with Crippen molar-refractivity contribution in [2.75, 3.05) is 38.1 Å². The molecule has 0 atom stereocenters. The standard InChI is InChI=1S/C16H23N3O4S/c1-4-11-10(3)24-15(14(11)16(22)23-5-2)18-13(21)9-19-7-6-17-12(20)8-19/h4-9H2,1-3H3,(H,17,20)(H,18,21). The number of esters is 1. The van der Waals surface area contributed by atoms with Gasteiger partial charge in [-0.1, -0.05) is 6.92 Å². The first kappa shape index (κ1) is 18.4. The second-order valence-corrected chi connectivity index (χ2v) is 6.75. The highest BCUT2D eigenvalue weighted by Gasteiger charge is 2.24. The van der Waals surface area contributed by atoms with Gasteiger partial charge in [-0.05, 0) is 25.8 Å². The highest BCUT2D eigenvalue weighted by atomic mass is 32.1. The molecule has 1 aliphatic heterocycles. The number of aryl methyl sites for hydroxylation is 1. The minimum atomic E-state index is -0.411. The predicted molar refractivity (Wildman–Crippen MR) is 92.5 cm³/mol. The lowest BCUT2D eigenvalue weighted by molar-refractivity contribution is -0.125. The van der Waals surface area contributed by atoms with Crippen molar-refractivity contribution in [2.45, 2.75) is 27.2 Å². The number of rotatable bonds is 6. The van der Waals surface area contributed by atoms with Gasteiger partial charge in [-0.2, -0.15) is 0 Å². The van der Waals surface area contributed by atoms with Gasteiger partial charge in [-0.3, -0.25) is 14.5 Å². The quantitative estimate of drug-likeness (QED) is 0.750. The maximum atomic E-state index is 12.3. The highest BCUT2D eigenvalue weighted by Crippen LogP contribution is 2.34. The molecule has 2 N–H and O–H groups in total. The Hall–Kier alpha value is -1.93. The normalized spacial score (nSPS) is 15.0. The van der Waals surface area contributed by atoms with Gasteiger partial charge < -0.3 is 15.4 Å². The first-order valence-corrected chi connectivity index (χ1v) is 8.86. The average molecular weight is 353 g/mol. The van der Waals surface area contributed by atoms with Crippen LogP contribution in [-0.4, -0.2) is 55.5 Å². The zero-order chi connectivity index (χ0) is 17.7. The van der Waals surface area contributed by atoms with Crippen LogP contribution in [0.1, 0.15) is 34.6 Å². The molecule has 1 saturated heterocycles. The molecule has 8 heteroatoms. The fraction of sp³-hybridized carbons (Fsp3) is 0.562. The Balaban J connectivity index is 2.12. The minimum Gasteiger partial charge on any atom is -0.462 e. The summed E-state index contributed by atoms with van der Waals surface area (Å²) in [7, 11) is 0. The van der Waals surface area contributed by atoms with Crippen LogP contribution >= 0.6 is 11.3 Å². The highest BCUT2D eigenvalue weighted by molar-refractivity contribution is 7.16. The van der Waals surface area contributed by atoms with Crippen LogP contribution < -0.4 is 10.6 Å². The molecule has 2 amide bonds. The molecule has 0 spiro atoms. The second-order valence-electron chi connectivity index (χ2n) is 5.52. The smallest absolute Gasteiger partial charge is 0.341 e. The van der Waals surface area contributed by atoms with Gasteiger partial charge in [-0.15, -0.1) is 11.3 Å². The van der Waals surface area contributed by atoms with E-state index >= 15 is 0 Å². The molecule has 0 bridgehead atoms. The summed E-state index contributed by atoms with van der Waals surface area (Å²) in [5, 5.41) is 6.06. The number of thiophene rings is 1. The van der Waals surface area contributed by atoms with E-state index < -0.39 is 5.97 Å². The molecule has 0 saturated carbocycles. The summed E-state index contributed by atoms with van der Waals surface area (Å²) in [6, 6.07) is 0. The van der Waals surface area contributed by atoms with Crippen LogP contribution in [0, 0.1) is 6.92 Å².